The highest BCUT2D eigenvalue weighted by Crippen LogP contribution is 2.29. The molecule has 7 nitrogen and oxygen atoms in total. The van der Waals surface area contributed by atoms with Crippen LogP contribution in [-0.4, -0.2) is 24.2 Å². The molecule has 0 aromatic heterocycles. The Balaban J connectivity index is 1.91. The molecule has 0 saturated heterocycles. The van der Waals surface area contributed by atoms with Gasteiger partial charge in [0.15, 0.2) is 0 Å². The van der Waals surface area contributed by atoms with Crippen LogP contribution in [0.5, 0.6) is 11.5 Å². The van der Waals surface area contributed by atoms with E-state index in [0.29, 0.717) is 28.3 Å². The van der Waals surface area contributed by atoms with Crippen molar-refractivity contribution in [2.45, 2.75) is 13.0 Å². The molecule has 2 aromatic rings. The fourth-order valence-electron chi connectivity index (χ4n) is 2.82. The molecule has 1 aliphatic rings. The molecule has 0 radical (unpaired) electrons. The second kappa shape index (κ2) is 7.18. The van der Waals surface area contributed by atoms with E-state index in [0.717, 1.165) is 0 Å². The molecule has 0 aliphatic carbocycles. The fourth-order valence-corrected chi connectivity index (χ4v) is 2.82. The van der Waals surface area contributed by atoms with Crippen LogP contribution in [0.25, 0.3) is 0 Å². The van der Waals surface area contributed by atoms with E-state index >= 15 is 0 Å². The molecule has 4 N–H and O–H groups in total. The second-order valence-electron chi connectivity index (χ2n) is 5.85. The number of carbonyl (C=O) groups is 2. The minimum atomic E-state index is -0.672. The molecule has 3 rings (SSSR count). The number of nitrogens with one attached hydrogen (secondary N) is 3. The lowest BCUT2D eigenvalue weighted by Crippen LogP contribution is -2.45. The Kier molecular flexibility index (Phi) is 4.79. The molecule has 1 aliphatic heterocycles. The number of hydrogen-bond donors (Lipinski definition) is 4. The Morgan fingerprint density at radius 3 is 2.58 bits per heavy atom. The van der Waals surface area contributed by atoms with Gasteiger partial charge in [0.05, 0.1) is 18.7 Å². The minimum Gasteiger partial charge on any atom is -0.508 e. The number of phenolic OH excluding ortho intramolecular Hbond substituents is 1. The normalized spacial score (nSPS) is 16.5. The first kappa shape index (κ1) is 17.3. The molecule has 1 atom stereocenters. The number of hydrogen-bond acceptors (Lipinski definition) is 4. The third kappa shape index (κ3) is 3.61. The molecule has 134 valence electrons. The van der Waals surface area contributed by atoms with Crippen molar-refractivity contribution in [2.75, 3.05) is 12.4 Å². The molecule has 2 aromatic carbocycles. The predicted octanol–water partition coefficient (Wildman–Crippen LogP) is 2.67. The average Bonchev–Trinajstić information content (AvgIpc) is 2.61. The van der Waals surface area contributed by atoms with Crippen LogP contribution in [0.3, 0.4) is 0 Å². The summed E-state index contributed by atoms with van der Waals surface area (Å²) in [5.74, 6) is 0.388. The number of carbonyl (C=O) groups excluding carboxylic acids is 2. The molecule has 0 unspecified atom stereocenters. The molecule has 7 heteroatoms. The Hall–Kier alpha value is -3.48. The number of allylic oxidation sites excluding steroid dienone is 1. The summed E-state index contributed by atoms with van der Waals surface area (Å²) in [6, 6.07) is 12.3. The van der Waals surface area contributed by atoms with E-state index in [2.05, 4.69) is 16.0 Å². The van der Waals surface area contributed by atoms with Gasteiger partial charge < -0.3 is 25.8 Å². The summed E-state index contributed by atoms with van der Waals surface area (Å²) in [6.07, 6.45) is 0. The van der Waals surface area contributed by atoms with E-state index in [1.54, 1.807) is 50.4 Å². The van der Waals surface area contributed by atoms with Crippen molar-refractivity contribution in [3.63, 3.8) is 0 Å². The smallest absolute Gasteiger partial charge is 0.319 e. The molecule has 0 spiro atoms. The zero-order valence-corrected chi connectivity index (χ0v) is 14.4. The second-order valence-corrected chi connectivity index (χ2v) is 5.85. The van der Waals surface area contributed by atoms with Crippen LogP contribution >= 0.6 is 0 Å². The van der Waals surface area contributed by atoms with Crippen LogP contribution in [0.1, 0.15) is 18.5 Å². The fraction of sp³-hybridized carbons (Fsp3) is 0.158. The zero-order chi connectivity index (χ0) is 18.7. The summed E-state index contributed by atoms with van der Waals surface area (Å²) in [6.45, 7) is 1.66. The largest absolute Gasteiger partial charge is 0.508 e. The van der Waals surface area contributed by atoms with Gasteiger partial charge in [0, 0.05) is 11.4 Å². The highest BCUT2D eigenvalue weighted by Gasteiger charge is 2.31. The van der Waals surface area contributed by atoms with E-state index in [4.69, 9.17) is 4.74 Å². The summed E-state index contributed by atoms with van der Waals surface area (Å²) >= 11 is 0. The lowest BCUT2D eigenvalue weighted by atomic mass is 9.94. The van der Waals surface area contributed by atoms with Crippen LogP contribution in [0.15, 0.2) is 59.8 Å². The lowest BCUT2D eigenvalue weighted by molar-refractivity contribution is -0.113. The first-order chi connectivity index (χ1) is 12.5. The Bertz CT molecular complexity index is 875. The first-order valence-corrected chi connectivity index (χ1v) is 8.00. The molecule has 0 bridgehead atoms. The average molecular weight is 353 g/mol. The lowest BCUT2D eigenvalue weighted by Gasteiger charge is -2.28. The third-order valence-corrected chi connectivity index (χ3v) is 4.07. The molecular weight excluding hydrogens is 334 g/mol. The van der Waals surface area contributed by atoms with Crippen molar-refractivity contribution in [1.82, 2.24) is 10.6 Å². The van der Waals surface area contributed by atoms with Crippen molar-refractivity contribution in [1.29, 1.82) is 0 Å². The van der Waals surface area contributed by atoms with Crippen LogP contribution in [-0.2, 0) is 4.79 Å². The standard InChI is InChI=1S/C19H19N3O4/c1-11-16(18(24)21-13-6-8-15(26-2)9-7-13)17(22-19(25)20-11)12-4-3-5-14(23)10-12/h3-10,17,23H,1-2H3,(H,21,24)(H2,20,22,25)/t17-/m0/s1. The first-order valence-electron chi connectivity index (χ1n) is 8.00. The maximum atomic E-state index is 12.9. The molecule has 0 saturated carbocycles. The van der Waals surface area contributed by atoms with E-state index in [9.17, 15) is 14.7 Å². The maximum absolute atomic E-state index is 12.9. The molecule has 3 amide bonds. The quantitative estimate of drug-likeness (QED) is 0.679. The summed E-state index contributed by atoms with van der Waals surface area (Å²) < 4.78 is 5.10. The topological polar surface area (TPSA) is 99.7 Å². The number of benzene rings is 2. The van der Waals surface area contributed by atoms with Crippen LogP contribution < -0.4 is 20.7 Å². The van der Waals surface area contributed by atoms with Gasteiger partial charge in [0.1, 0.15) is 11.5 Å². The number of anilines is 1. The zero-order valence-electron chi connectivity index (χ0n) is 14.4. The van der Waals surface area contributed by atoms with E-state index in [1.807, 2.05) is 0 Å². The van der Waals surface area contributed by atoms with E-state index in [-0.39, 0.29) is 11.7 Å². The number of methoxy groups -OCH3 is 1. The highest BCUT2D eigenvalue weighted by molar-refractivity contribution is 6.06. The van der Waals surface area contributed by atoms with Gasteiger partial charge in [-0.05, 0) is 48.9 Å². The van der Waals surface area contributed by atoms with E-state index in [1.165, 1.54) is 12.1 Å². The van der Waals surface area contributed by atoms with Crippen LogP contribution in [0, 0.1) is 0 Å². The number of ether oxygens (including phenoxy) is 1. The van der Waals surface area contributed by atoms with Gasteiger partial charge in [-0.25, -0.2) is 4.79 Å². The Labute approximate surface area is 150 Å². The SMILES string of the molecule is COc1ccc(NC(=O)C2=C(C)NC(=O)N[C@H]2c2cccc(O)c2)cc1. The van der Waals surface area contributed by atoms with Gasteiger partial charge in [-0.2, -0.15) is 0 Å². The maximum Gasteiger partial charge on any atom is 0.319 e. The molecular formula is C19H19N3O4. The summed E-state index contributed by atoms with van der Waals surface area (Å²) in [5, 5.41) is 17.9. The summed E-state index contributed by atoms with van der Waals surface area (Å²) in [5.41, 5.74) is 2.03. The van der Waals surface area contributed by atoms with Crippen molar-refractivity contribution >= 4 is 17.6 Å². The minimum absolute atomic E-state index is 0.0582. The van der Waals surface area contributed by atoms with E-state index < -0.39 is 12.1 Å². The van der Waals surface area contributed by atoms with Gasteiger partial charge >= 0.3 is 6.03 Å². The van der Waals surface area contributed by atoms with Crippen molar-refractivity contribution in [3.8, 4) is 11.5 Å². The number of aromatic hydroxyl groups is 1. The van der Waals surface area contributed by atoms with Crippen LogP contribution in [0.2, 0.25) is 0 Å². The number of phenols is 1. The van der Waals surface area contributed by atoms with Gasteiger partial charge in [-0.1, -0.05) is 12.1 Å². The molecule has 26 heavy (non-hydrogen) atoms. The monoisotopic (exact) mass is 353 g/mol. The highest BCUT2D eigenvalue weighted by atomic mass is 16.5. The Morgan fingerprint density at radius 1 is 1.19 bits per heavy atom. The third-order valence-electron chi connectivity index (χ3n) is 4.07. The summed E-state index contributed by atoms with van der Waals surface area (Å²) in [4.78, 5) is 24.7. The van der Waals surface area contributed by atoms with Crippen molar-refractivity contribution < 1.29 is 19.4 Å². The number of urea groups is 1. The van der Waals surface area contributed by atoms with Crippen molar-refractivity contribution in [3.05, 3.63) is 65.4 Å². The molecule has 0 fully saturated rings. The van der Waals surface area contributed by atoms with Crippen molar-refractivity contribution in [2.24, 2.45) is 0 Å². The Morgan fingerprint density at radius 2 is 1.92 bits per heavy atom. The number of amides is 3. The van der Waals surface area contributed by atoms with Gasteiger partial charge in [0.2, 0.25) is 0 Å². The van der Waals surface area contributed by atoms with Gasteiger partial charge in [0.25, 0.3) is 5.91 Å². The molecule has 1 heterocycles. The number of rotatable bonds is 4. The van der Waals surface area contributed by atoms with Gasteiger partial charge in [-0.15, -0.1) is 0 Å². The summed E-state index contributed by atoms with van der Waals surface area (Å²) in [7, 11) is 1.57. The predicted molar refractivity (Wildman–Crippen MR) is 96.8 cm³/mol. The van der Waals surface area contributed by atoms with Crippen LogP contribution in [0.4, 0.5) is 10.5 Å². The van der Waals surface area contributed by atoms with Gasteiger partial charge in [-0.3, -0.25) is 4.79 Å².